The van der Waals surface area contributed by atoms with E-state index < -0.39 is 0 Å². The summed E-state index contributed by atoms with van der Waals surface area (Å²) < 4.78 is 7.19. The maximum Gasteiger partial charge on any atom is 0.338 e. The van der Waals surface area contributed by atoms with Crippen LogP contribution in [0.4, 0.5) is 5.95 Å². The minimum Gasteiger partial charge on any atom is -0.462 e. The Morgan fingerprint density at radius 1 is 1.29 bits per heavy atom. The third-order valence-electron chi connectivity index (χ3n) is 4.14. The molecule has 0 saturated heterocycles. The molecule has 24 heavy (non-hydrogen) atoms. The number of hydrogen-bond donors (Lipinski definition) is 1. The molecular formula is C18H22N4O2. The molecule has 2 heterocycles. The zero-order chi connectivity index (χ0) is 17.1. The second kappa shape index (κ2) is 6.86. The number of nitrogens with zero attached hydrogens (tertiary/aromatic N) is 3. The van der Waals surface area contributed by atoms with Gasteiger partial charge < -0.3 is 10.1 Å². The van der Waals surface area contributed by atoms with E-state index in [4.69, 9.17) is 4.74 Å². The van der Waals surface area contributed by atoms with Crippen molar-refractivity contribution in [2.24, 2.45) is 0 Å². The normalized spacial score (nSPS) is 16.5. The Morgan fingerprint density at radius 3 is 2.75 bits per heavy atom. The van der Waals surface area contributed by atoms with Crippen LogP contribution in [0.1, 0.15) is 43.9 Å². The zero-order valence-electron chi connectivity index (χ0n) is 14.2. The Labute approximate surface area is 141 Å². The standard InChI is InChI=1S/C18H22N4O2/c1-4-5-10-24-17(23)15-13(3)21-18-19-11-20-22(18)16(15)14-8-6-12(2)7-9-14/h6-9,11,16H,4-5,10H2,1-3H3,(H,19,20,21)/t16-/m0/s1. The molecule has 126 valence electrons. The number of benzene rings is 1. The molecule has 6 nitrogen and oxygen atoms in total. The lowest BCUT2D eigenvalue weighted by Crippen LogP contribution is -2.29. The summed E-state index contributed by atoms with van der Waals surface area (Å²) in [7, 11) is 0. The molecule has 0 saturated carbocycles. The SMILES string of the molecule is CCCCOC(=O)C1=C(C)Nc2ncnn2[C@H]1c1ccc(C)cc1. The van der Waals surface area contributed by atoms with Gasteiger partial charge in [-0.1, -0.05) is 43.2 Å². The summed E-state index contributed by atoms with van der Waals surface area (Å²) in [5, 5.41) is 7.44. The molecule has 0 unspecified atom stereocenters. The Morgan fingerprint density at radius 2 is 2.04 bits per heavy atom. The highest BCUT2D eigenvalue weighted by molar-refractivity contribution is 5.92. The van der Waals surface area contributed by atoms with Gasteiger partial charge in [-0.3, -0.25) is 0 Å². The van der Waals surface area contributed by atoms with E-state index in [1.165, 1.54) is 11.9 Å². The molecule has 1 aromatic heterocycles. The topological polar surface area (TPSA) is 69.0 Å². The fraction of sp³-hybridized carbons (Fsp3) is 0.389. The van der Waals surface area contributed by atoms with Gasteiger partial charge in [-0.2, -0.15) is 10.1 Å². The number of carbonyl (C=O) groups excluding carboxylic acids is 1. The van der Waals surface area contributed by atoms with Crippen molar-refractivity contribution in [2.75, 3.05) is 11.9 Å². The zero-order valence-corrected chi connectivity index (χ0v) is 14.2. The van der Waals surface area contributed by atoms with Gasteiger partial charge in [-0.25, -0.2) is 9.48 Å². The first-order valence-electron chi connectivity index (χ1n) is 8.22. The molecule has 2 aromatic rings. The molecule has 1 atom stereocenters. The van der Waals surface area contributed by atoms with Gasteiger partial charge in [0.25, 0.3) is 0 Å². The summed E-state index contributed by atoms with van der Waals surface area (Å²) in [5.74, 6) is 0.323. The van der Waals surface area contributed by atoms with Crippen molar-refractivity contribution in [3.8, 4) is 0 Å². The van der Waals surface area contributed by atoms with Gasteiger partial charge in [0, 0.05) is 5.70 Å². The van der Waals surface area contributed by atoms with Crippen LogP contribution < -0.4 is 5.32 Å². The van der Waals surface area contributed by atoms with Crippen molar-refractivity contribution in [2.45, 2.75) is 39.7 Å². The molecule has 0 fully saturated rings. The molecule has 1 aliphatic heterocycles. The molecule has 0 radical (unpaired) electrons. The Hall–Kier alpha value is -2.63. The first-order valence-corrected chi connectivity index (χ1v) is 8.22. The van der Waals surface area contributed by atoms with Gasteiger partial charge in [0.15, 0.2) is 0 Å². The largest absolute Gasteiger partial charge is 0.462 e. The van der Waals surface area contributed by atoms with Crippen LogP contribution in [0.15, 0.2) is 41.9 Å². The maximum atomic E-state index is 12.7. The van der Waals surface area contributed by atoms with Crippen LogP contribution in [0.2, 0.25) is 0 Å². The molecular weight excluding hydrogens is 304 g/mol. The van der Waals surface area contributed by atoms with Gasteiger partial charge in [0.1, 0.15) is 12.4 Å². The predicted molar refractivity (Wildman–Crippen MR) is 91.5 cm³/mol. The van der Waals surface area contributed by atoms with Crippen molar-refractivity contribution in [3.63, 3.8) is 0 Å². The maximum absolute atomic E-state index is 12.7. The van der Waals surface area contributed by atoms with Crippen LogP contribution in [0.5, 0.6) is 0 Å². The van der Waals surface area contributed by atoms with Crippen molar-refractivity contribution in [1.82, 2.24) is 14.8 Å². The summed E-state index contributed by atoms with van der Waals surface area (Å²) in [5.41, 5.74) is 3.48. The summed E-state index contributed by atoms with van der Waals surface area (Å²) in [6, 6.07) is 7.76. The minimum absolute atomic E-state index is 0.305. The number of allylic oxidation sites excluding steroid dienone is 1. The van der Waals surface area contributed by atoms with Crippen LogP contribution in [0, 0.1) is 6.92 Å². The lowest BCUT2D eigenvalue weighted by atomic mass is 9.95. The molecule has 3 rings (SSSR count). The number of unbranched alkanes of at least 4 members (excludes halogenated alkanes) is 1. The first kappa shape index (κ1) is 16.2. The number of fused-ring (bicyclic) bond motifs is 1. The smallest absolute Gasteiger partial charge is 0.338 e. The van der Waals surface area contributed by atoms with Crippen LogP contribution in [0.3, 0.4) is 0 Å². The van der Waals surface area contributed by atoms with Crippen molar-refractivity contribution in [3.05, 3.63) is 53.0 Å². The minimum atomic E-state index is -0.335. The Kier molecular flexibility index (Phi) is 4.64. The molecule has 0 bridgehead atoms. The predicted octanol–water partition coefficient (Wildman–Crippen LogP) is 3.22. The Bertz CT molecular complexity index is 762. The second-order valence-corrected chi connectivity index (χ2v) is 5.99. The number of carbonyl (C=O) groups is 1. The third-order valence-corrected chi connectivity index (χ3v) is 4.14. The average Bonchev–Trinajstić information content (AvgIpc) is 3.02. The van der Waals surface area contributed by atoms with Crippen LogP contribution >= 0.6 is 0 Å². The number of rotatable bonds is 5. The number of anilines is 1. The highest BCUT2D eigenvalue weighted by atomic mass is 16.5. The van der Waals surface area contributed by atoms with E-state index in [0.717, 1.165) is 24.1 Å². The van der Waals surface area contributed by atoms with Crippen molar-refractivity contribution in [1.29, 1.82) is 0 Å². The monoisotopic (exact) mass is 326 g/mol. The van der Waals surface area contributed by atoms with Crippen LogP contribution in [0.25, 0.3) is 0 Å². The molecule has 0 amide bonds. The van der Waals surface area contributed by atoms with E-state index in [1.807, 2.05) is 38.1 Å². The van der Waals surface area contributed by atoms with Crippen molar-refractivity contribution < 1.29 is 9.53 Å². The van der Waals surface area contributed by atoms with E-state index in [9.17, 15) is 4.79 Å². The lowest BCUT2D eigenvalue weighted by Gasteiger charge is -2.28. The Balaban J connectivity index is 2.00. The lowest BCUT2D eigenvalue weighted by molar-refractivity contribution is -0.139. The summed E-state index contributed by atoms with van der Waals surface area (Å²) >= 11 is 0. The molecule has 0 spiro atoms. The van der Waals surface area contributed by atoms with Gasteiger partial charge in [-0.15, -0.1) is 0 Å². The van der Waals surface area contributed by atoms with Gasteiger partial charge >= 0.3 is 5.97 Å². The van der Waals surface area contributed by atoms with Crippen LogP contribution in [-0.2, 0) is 9.53 Å². The van der Waals surface area contributed by atoms with E-state index in [0.29, 0.717) is 18.1 Å². The second-order valence-electron chi connectivity index (χ2n) is 5.99. The first-order chi connectivity index (χ1) is 11.6. The highest BCUT2D eigenvalue weighted by Crippen LogP contribution is 2.35. The fourth-order valence-electron chi connectivity index (χ4n) is 2.80. The molecule has 6 heteroatoms. The van der Waals surface area contributed by atoms with Crippen molar-refractivity contribution >= 4 is 11.9 Å². The molecule has 1 aromatic carbocycles. The quantitative estimate of drug-likeness (QED) is 0.675. The van der Waals surface area contributed by atoms with Gasteiger partial charge in [0.05, 0.1) is 12.2 Å². The van der Waals surface area contributed by atoms with Crippen LogP contribution in [-0.4, -0.2) is 27.3 Å². The molecule has 1 aliphatic rings. The van der Waals surface area contributed by atoms with Gasteiger partial charge in [-0.05, 0) is 25.8 Å². The third kappa shape index (κ3) is 3.04. The van der Waals surface area contributed by atoms with E-state index in [1.54, 1.807) is 4.68 Å². The number of ether oxygens (including phenoxy) is 1. The molecule has 1 N–H and O–H groups in total. The number of aryl methyl sites for hydroxylation is 1. The number of esters is 1. The number of aromatic nitrogens is 3. The van der Waals surface area contributed by atoms with E-state index >= 15 is 0 Å². The molecule has 0 aliphatic carbocycles. The summed E-state index contributed by atoms with van der Waals surface area (Å²) in [6.45, 7) is 6.40. The average molecular weight is 326 g/mol. The van der Waals surface area contributed by atoms with E-state index in [2.05, 4.69) is 22.3 Å². The highest BCUT2D eigenvalue weighted by Gasteiger charge is 2.34. The number of nitrogens with one attached hydrogen (secondary N) is 1. The van der Waals surface area contributed by atoms with Gasteiger partial charge in [0.2, 0.25) is 5.95 Å². The fourth-order valence-corrected chi connectivity index (χ4v) is 2.80. The summed E-state index contributed by atoms with van der Waals surface area (Å²) in [4.78, 5) is 16.9. The number of hydrogen-bond acceptors (Lipinski definition) is 5. The van der Waals surface area contributed by atoms with E-state index in [-0.39, 0.29) is 12.0 Å². The summed E-state index contributed by atoms with van der Waals surface area (Å²) in [6.07, 6.45) is 3.33.